The zero-order valence-corrected chi connectivity index (χ0v) is 8.79. The molecule has 2 aromatic heterocycles. The highest BCUT2D eigenvalue weighted by molar-refractivity contribution is 5.82. The fourth-order valence-corrected chi connectivity index (χ4v) is 1.22. The normalized spacial score (nSPS) is 10.8. The molecule has 2 heterocycles. The van der Waals surface area contributed by atoms with E-state index in [0.717, 1.165) is 5.56 Å². The number of hydrogen-bond donors (Lipinski definition) is 3. The number of rotatable bonds is 2. The molecule has 7 heteroatoms. The number of nitrogens with two attached hydrogens (primary N) is 2. The topological polar surface area (TPSA) is 123 Å². The van der Waals surface area contributed by atoms with Gasteiger partial charge in [0.05, 0.1) is 0 Å². The van der Waals surface area contributed by atoms with Gasteiger partial charge in [0.1, 0.15) is 0 Å². The smallest absolute Gasteiger partial charge is 0.280 e. The molecule has 0 spiro atoms. The van der Waals surface area contributed by atoms with E-state index in [0.29, 0.717) is 0 Å². The molecular formula is C10H10N6O. The predicted octanol–water partition coefficient (Wildman–Crippen LogP) is 0.0799. The van der Waals surface area contributed by atoms with Crippen LogP contribution in [0.1, 0.15) is 5.56 Å². The van der Waals surface area contributed by atoms with E-state index in [1.807, 2.05) is 0 Å². The quantitative estimate of drug-likeness (QED) is 0.630. The van der Waals surface area contributed by atoms with Gasteiger partial charge in [0.15, 0.2) is 11.5 Å². The molecule has 0 atom stereocenters. The maximum Gasteiger partial charge on any atom is 0.280 e. The van der Waals surface area contributed by atoms with Gasteiger partial charge in [0, 0.05) is 18.6 Å². The number of anilines is 2. The lowest BCUT2D eigenvalue weighted by molar-refractivity contribution is 1.14. The minimum absolute atomic E-state index is 0.00319. The molecule has 0 saturated heterocycles. The van der Waals surface area contributed by atoms with Crippen LogP contribution in [0.3, 0.4) is 0 Å². The van der Waals surface area contributed by atoms with Gasteiger partial charge >= 0.3 is 0 Å². The molecule has 2 aromatic rings. The van der Waals surface area contributed by atoms with Crippen LogP contribution < -0.4 is 17.0 Å². The van der Waals surface area contributed by atoms with E-state index in [1.165, 1.54) is 6.21 Å². The first-order chi connectivity index (χ1) is 8.16. The van der Waals surface area contributed by atoms with Crippen LogP contribution in [0.4, 0.5) is 17.5 Å². The summed E-state index contributed by atoms with van der Waals surface area (Å²) in [6.45, 7) is 0. The molecule has 0 unspecified atom stereocenters. The Labute approximate surface area is 96.2 Å². The first-order valence-electron chi connectivity index (χ1n) is 4.76. The van der Waals surface area contributed by atoms with Crippen LogP contribution in [0.15, 0.2) is 34.3 Å². The molecule has 0 bridgehead atoms. The van der Waals surface area contributed by atoms with Gasteiger partial charge < -0.3 is 11.5 Å². The lowest BCUT2D eigenvalue weighted by Crippen LogP contribution is -2.13. The molecular weight excluding hydrogens is 220 g/mol. The molecule has 0 aliphatic rings. The van der Waals surface area contributed by atoms with Gasteiger partial charge in [-0.2, -0.15) is 4.98 Å². The maximum absolute atomic E-state index is 11.5. The summed E-state index contributed by atoms with van der Waals surface area (Å²) < 4.78 is 0. The van der Waals surface area contributed by atoms with Crippen molar-refractivity contribution in [3.05, 3.63) is 40.4 Å². The van der Waals surface area contributed by atoms with Crippen molar-refractivity contribution in [3.63, 3.8) is 0 Å². The van der Waals surface area contributed by atoms with Crippen LogP contribution in [0.5, 0.6) is 0 Å². The fourth-order valence-electron chi connectivity index (χ4n) is 1.22. The summed E-state index contributed by atoms with van der Waals surface area (Å²) in [5.41, 5.74) is 11.2. The van der Waals surface area contributed by atoms with Crippen LogP contribution in [-0.2, 0) is 0 Å². The number of aromatic amines is 1. The molecule has 17 heavy (non-hydrogen) atoms. The third-order valence-electron chi connectivity index (χ3n) is 1.99. The minimum atomic E-state index is -0.472. The first-order valence-corrected chi connectivity index (χ1v) is 4.76. The van der Waals surface area contributed by atoms with Crippen molar-refractivity contribution in [2.75, 3.05) is 11.5 Å². The molecule has 0 radical (unpaired) electrons. The Morgan fingerprint density at radius 1 is 1.29 bits per heavy atom. The number of aliphatic imine (C=N–C) groups is 1. The molecule has 0 amide bonds. The molecule has 2 rings (SSSR count). The van der Waals surface area contributed by atoms with E-state index in [-0.39, 0.29) is 17.5 Å². The standard InChI is InChI=1S/C10H10N6O/c11-8-7(9(17)16-10(12)15-8)14-5-6-1-3-13-4-2-6/h1-5H,(H5,11,12,15,16,17). The van der Waals surface area contributed by atoms with Crippen LogP contribution in [0.25, 0.3) is 0 Å². The van der Waals surface area contributed by atoms with E-state index in [9.17, 15) is 4.79 Å². The SMILES string of the molecule is Nc1nc(N)c(N=Cc2ccncc2)c(=O)[nH]1. The van der Waals surface area contributed by atoms with Crippen molar-refractivity contribution >= 4 is 23.7 Å². The highest BCUT2D eigenvalue weighted by Gasteiger charge is 2.05. The van der Waals surface area contributed by atoms with Gasteiger partial charge in [0.25, 0.3) is 5.56 Å². The number of H-pyrrole nitrogens is 1. The summed E-state index contributed by atoms with van der Waals surface area (Å²) in [6, 6.07) is 3.50. The summed E-state index contributed by atoms with van der Waals surface area (Å²) >= 11 is 0. The minimum Gasteiger partial charge on any atom is -0.382 e. The van der Waals surface area contributed by atoms with E-state index in [2.05, 4.69) is 19.9 Å². The second kappa shape index (κ2) is 4.44. The Morgan fingerprint density at radius 3 is 2.65 bits per heavy atom. The largest absolute Gasteiger partial charge is 0.382 e. The van der Waals surface area contributed by atoms with Gasteiger partial charge in [0.2, 0.25) is 5.95 Å². The zero-order valence-electron chi connectivity index (χ0n) is 8.79. The van der Waals surface area contributed by atoms with Gasteiger partial charge in [-0.15, -0.1) is 0 Å². The number of nitrogens with zero attached hydrogens (tertiary/aromatic N) is 3. The number of hydrogen-bond acceptors (Lipinski definition) is 6. The lowest BCUT2D eigenvalue weighted by Gasteiger charge is -1.99. The molecule has 0 aromatic carbocycles. The molecule has 5 N–H and O–H groups in total. The molecule has 86 valence electrons. The Hall–Kier alpha value is -2.70. The lowest BCUT2D eigenvalue weighted by atomic mass is 10.3. The van der Waals surface area contributed by atoms with Gasteiger partial charge in [-0.25, -0.2) is 4.99 Å². The summed E-state index contributed by atoms with van der Waals surface area (Å²) in [7, 11) is 0. The Balaban J connectivity index is 2.37. The number of nitrogens with one attached hydrogen (secondary N) is 1. The Bertz CT molecular complexity index is 604. The summed E-state index contributed by atoms with van der Waals surface area (Å²) in [5, 5.41) is 0. The number of pyridine rings is 1. The second-order valence-corrected chi connectivity index (χ2v) is 3.22. The Morgan fingerprint density at radius 2 is 2.00 bits per heavy atom. The van der Waals surface area contributed by atoms with Crippen molar-refractivity contribution < 1.29 is 0 Å². The van der Waals surface area contributed by atoms with Crippen molar-refractivity contribution in [2.24, 2.45) is 4.99 Å². The third kappa shape index (κ3) is 2.46. The summed E-state index contributed by atoms with van der Waals surface area (Å²) in [5.74, 6) is -0.0353. The van der Waals surface area contributed by atoms with Gasteiger partial charge in [-0.05, 0) is 17.7 Å². The zero-order chi connectivity index (χ0) is 12.3. The highest BCUT2D eigenvalue weighted by atomic mass is 16.1. The van der Waals surface area contributed by atoms with E-state index in [4.69, 9.17) is 11.5 Å². The van der Waals surface area contributed by atoms with E-state index in [1.54, 1.807) is 24.5 Å². The van der Waals surface area contributed by atoms with Crippen LogP contribution >= 0.6 is 0 Å². The molecule has 0 aliphatic carbocycles. The van der Waals surface area contributed by atoms with Crippen molar-refractivity contribution in [2.45, 2.75) is 0 Å². The predicted molar refractivity (Wildman–Crippen MR) is 65.2 cm³/mol. The average molecular weight is 230 g/mol. The van der Waals surface area contributed by atoms with Crippen molar-refractivity contribution in [1.82, 2.24) is 15.0 Å². The van der Waals surface area contributed by atoms with Gasteiger partial charge in [-0.1, -0.05) is 0 Å². The van der Waals surface area contributed by atoms with Crippen LogP contribution in [-0.4, -0.2) is 21.2 Å². The van der Waals surface area contributed by atoms with Crippen LogP contribution in [0.2, 0.25) is 0 Å². The van der Waals surface area contributed by atoms with Crippen molar-refractivity contribution in [3.8, 4) is 0 Å². The molecule has 0 saturated carbocycles. The van der Waals surface area contributed by atoms with Crippen molar-refractivity contribution in [1.29, 1.82) is 0 Å². The summed E-state index contributed by atoms with van der Waals surface area (Å²) in [4.78, 5) is 25.4. The molecule has 7 nitrogen and oxygen atoms in total. The van der Waals surface area contributed by atoms with E-state index >= 15 is 0 Å². The first kappa shape index (κ1) is 10.8. The second-order valence-electron chi connectivity index (χ2n) is 3.22. The number of aromatic nitrogens is 3. The van der Waals surface area contributed by atoms with E-state index < -0.39 is 5.56 Å². The number of nitrogen functional groups attached to an aromatic ring is 2. The fraction of sp³-hybridized carbons (Fsp3) is 0. The Kier molecular flexibility index (Phi) is 2.82. The van der Waals surface area contributed by atoms with Crippen LogP contribution in [0, 0.1) is 0 Å². The summed E-state index contributed by atoms with van der Waals surface area (Å²) in [6.07, 6.45) is 4.74. The average Bonchev–Trinajstić information content (AvgIpc) is 2.29. The maximum atomic E-state index is 11.5. The molecule has 0 aliphatic heterocycles. The molecule has 0 fully saturated rings. The monoisotopic (exact) mass is 230 g/mol. The third-order valence-corrected chi connectivity index (χ3v) is 1.99. The highest BCUT2D eigenvalue weighted by Crippen LogP contribution is 2.13. The van der Waals surface area contributed by atoms with Gasteiger partial charge in [-0.3, -0.25) is 14.8 Å².